The van der Waals surface area contributed by atoms with Crippen molar-refractivity contribution in [2.24, 2.45) is 5.92 Å². The summed E-state index contributed by atoms with van der Waals surface area (Å²) < 4.78 is 10.5. The van der Waals surface area contributed by atoms with E-state index < -0.39 is 12.6 Å². The van der Waals surface area contributed by atoms with Crippen molar-refractivity contribution in [2.45, 2.75) is 38.5 Å². The molecule has 1 fully saturated rings. The highest BCUT2D eigenvalue weighted by Gasteiger charge is 2.13. The monoisotopic (exact) mass is 335 g/mol. The third kappa shape index (κ3) is 7.00. The summed E-state index contributed by atoms with van der Waals surface area (Å²) >= 11 is 0. The first-order chi connectivity index (χ1) is 11.6. The number of carbonyl (C=O) groups excluding carboxylic acids is 1. The van der Waals surface area contributed by atoms with Crippen LogP contribution in [0.4, 0.5) is 5.69 Å². The van der Waals surface area contributed by atoms with Gasteiger partial charge in [-0.25, -0.2) is 4.79 Å². The van der Waals surface area contributed by atoms with Crippen LogP contribution in [0.2, 0.25) is 0 Å². The van der Waals surface area contributed by atoms with Crippen LogP contribution < -0.4 is 10.1 Å². The summed E-state index contributed by atoms with van der Waals surface area (Å²) in [5.74, 6) is 0.0915. The number of rotatable bonds is 9. The van der Waals surface area contributed by atoms with Crippen LogP contribution in [-0.2, 0) is 14.3 Å². The van der Waals surface area contributed by atoms with Crippen molar-refractivity contribution in [3.63, 3.8) is 0 Å². The van der Waals surface area contributed by atoms with Crippen molar-refractivity contribution in [1.29, 1.82) is 0 Å². The number of carbonyl (C=O) groups is 2. The molecule has 6 nitrogen and oxygen atoms in total. The van der Waals surface area contributed by atoms with E-state index in [2.05, 4.69) is 5.32 Å². The maximum Gasteiger partial charge on any atom is 0.329 e. The van der Waals surface area contributed by atoms with Gasteiger partial charge in [-0.3, -0.25) is 4.79 Å². The molecule has 6 heteroatoms. The van der Waals surface area contributed by atoms with Crippen LogP contribution in [0.1, 0.15) is 38.5 Å². The molecule has 2 N–H and O–H groups in total. The van der Waals surface area contributed by atoms with E-state index >= 15 is 0 Å². The van der Waals surface area contributed by atoms with Crippen LogP contribution in [0.25, 0.3) is 0 Å². The van der Waals surface area contributed by atoms with Gasteiger partial charge < -0.3 is 19.9 Å². The molecule has 0 aliphatic heterocycles. The zero-order valence-electron chi connectivity index (χ0n) is 13.8. The molecule has 1 aliphatic carbocycles. The van der Waals surface area contributed by atoms with Gasteiger partial charge in [-0.1, -0.05) is 32.1 Å². The highest BCUT2D eigenvalue weighted by Crippen LogP contribution is 2.26. The Morgan fingerprint density at radius 3 is 2.46 bits per heavy atom. The molecule has 0 aromatic heterocycles. The third-order valence-electron chi connectivity index (χ3n) is 4.12. The molecule has 0 spiro atoms. The fraction of sp³-hybridized carbons (Fsp3) is 0.556. The first-order valence-electron chi connectivity index (χ1n) is 8.46. The van der Waals surface area contributed by atoms with Gasteiger partial charge in [0.25, 0.3) is 0 Å². The predicted octanol–water partition coefficient (Wildman–Crippen LogP) is 3.08. The Kier molecular flexibility index (Phi) is 7.55. The normalized spacial score (nSPS) is 15.0. The van der Waals surface area contributed by atoms with E-state index in [9.17, 15) is 9.59 Å². The average molecular weight is 335 g/mol. The Morgan fingerprint density at radius 2 is 1.79 bits per heavy atom. The molecular formula is C18H25NO5. The number of anilines is 1. The van der Waals surface area contributed by atoms with Crippen LogP contribution in [0.15, 0.2) is 24.3 Å². The second kappa shape index (κ2) is 9.93. The topological polar surface area (TPSA) is 84.9 Å². The van der Waals surface area contributed by atoms with Gasteiger partial charge in [0.05, 0.1) is 6.61 Å². The second-order valence-corrected chi connectivity index (χ2v) is 6.10. The van der Waals surface area contributed by atoms with E-state index in [0.29, 0.717) is 5.69 Å². The van der Waals surface area contributed by atoms with E-state index in [1.165, 1.54) is 32.1 Å². The molecular weight excluding hydrogens is 310 g/mol. The molecule has 0 heterocycles. The minimum Gasteiger partial charge on any atom is -0.494 e. The van der Waals surface area contributed by atoms with Crippen molar-refractivity contribution >= 4 is 17.6 Å². The van der Waals surface area contributed by atoms with Crippen molar-refractivity contribution in [3.05, 3.63) is 24.3 Å². The van der Waals surface area contributed by atoms with Crippen molar-refractivity contribution in [2.75, 3.05) is 25.1 Å². The lowest BCUT2D eigenvalue weighted by Crippen LogP contribution is -2.20. The summed E-state index contributed by atoms with van der Waals surface area (Å²) in [5, 5.41) is 11.1. The van der Waals surface area contributed by atoms with Gasteiger partial charge in [-0.15, -0.1) is 0 Å². The largest absolute Gasteiger partial charge is 0.494 e. The number of aliphatic carboxylic acids is 1. The van der Waals surface area contributed by atoms with Crippen molar-refractivity contribution in [1.82, 2.24) is 0 Å². The molecule has 1 aliphatic rings. The van der Waals surface area contributed by atoms with E-state index in [-0.39, 0.29) is 12.5 Å². The average Bonchev–Trinajstić information content (AvgIpc) is 2.57. The van der Waals surface area contributed by atoms with Crippen molar-refractivity contribution in [3.8, 4) is 5.75 Å². The quantitative estimate of drug-likeness (QED) is 0.724. The summed E-state index contributed by atoms with van der Waals surface area (Å²) in [6, 6.07) is 7.14. The Balaban J connectivity index is 1.66. The van der Waals surface area contributed by atoms with Crippen LogP contribution in [0.5, 0.6) is 5.75 Å². The van der Waals surface area contributed by atoms with Gasteiger partial charge >= 0.3 is 5.97 Å². The second-order valence-electron chi connectivity index (χ2n) is 6.10. The van der Waals surface area contributed by atoms with E-state index in [0.717, 1.165) is 24.7 Å². The standard InChI is InChI=1S/C18H25NO5/c20-17(12-23-13-18(21)22)19-15-6-8-16(9-7-15)24-11-10-14-4-2-1-3-5-14/h6-9,14H,1-5,10-13H2,(H,19,20)(H,21,22). The molecule has 0 radical (unpaired) electrons. The first-order valence-corrected chi connectivity index (χ1v) is 8.46. The summed E-state index contributed by atoms with van der Waals surface area (Å²) in [5.41, 5.74) is 0.624. The van der Waals surface area contributed by atoms with Gasteiger partial charge in [0.15, 0.2) is 0 Å². The summed E-state index contributed by atoms with van der Waals surface area (Å²) in [4.78, 5) is 21.9. The zero-order chi connectivity index (χ0) is 17.2. The number of amides is 1. The van der Waals surface area contributed by atoms with Gasteiger partial charge in [0.1, 0.15) is 19.0 Å². The van der Waals surface area contributed by atoms with Gasteiger partial charge in [-0.2, -0.15) is 0 Å². The van der Waals surface area contributed by atoms with E-state index in [4.69, 9.17) is 14.6 Å². The maximum atomic E-state index is 11.6. The van der Waals surface area contributed by atoms with Gasteiger partial charge in [-0.05, 0) is 36.6 Å². The molecule has 1 amide bonds. The molecule has 132 valence electrons. The van der Waals surface area contributed by atoms with Crippen LogP contribution in [0, 0.1) is 5.92 Å². The summed E-state index contributed by atoms with van der Waals surface area (Å²) in [6.07, 6.45) is 7.78. The van der Waals surface area contributed by atoms with Crippen molar-refractivity contribution < 1.29 is 24.2 Å². The molecule has 1 saturated carbocycles. The molecule has 0 atom stereocenters. The number of carboxylic acid groups (broad SMARTS) is 1. The minimum atomic E-state index is -1.10. The van der Waals surface area contributed by atoms with Gasteiger partial charge in [0.2, 0.25) is 5.91 Å². The summed E-state index contributed by atoms with van der Waals surface area (Å²) in [7, 11) is 0. The highest BCUT2D eigenvalue weighted by molar-refractivity contribution is 5.91. The fourth-order valence-electron chi connectivity index (χ4n) is 2.88. The van der Waals surface area contributed by atoms with Crippen LogP contribution >= 0.6 is 0 Å². The molecule has 0 unspecified atom stereocenters. The Hall–Kier alpha value is -2.08. The highest BCUT2D eigenvalue weighted by atomic mass is 16.5. The number of nitrogens with one attached hydrogen (secondary N) is 1. The lowest BCUT2D eigenvalue weighted by Gasteiger charge is -2.21. The Bertz CT molecular complexity index is 523. The SMILES string of the molecule is O=C(O)COCC(=O)Nc1ccc(OCCC2CCCCC2)cc1. The minimum absolute atomic E-state index is 0.286. The molecule has 1 aromatic carbocycles. The maximum absolute atomic E-state index is 11.6. The molecule has 1 aromatic rings. The molecule has 2 rings (SSSR count). The number of benzene rings is 1. The van der Waals surface area contributed by atoms with E-state index in [1.54, 1.807) is 12.1 Å². The lowest BCUT2D eigenvalue weighted by atomic mass is 9.87. The summed E-state index contributed by atoms with van der Waals surface area (Å²) in [6.45, 7) is -0.0491. The molecule has 0 saturated heterocycles. The fourth-order valence-corrected chi connectivity index (χ4v) is 2.88. The number of carboxylic acids is 1. The zero-order valence-corrected chi connectivity index (χ0v) is 13.8. The smallest absolute Gasteiger partial charge is 0.329 e. The third-order valence-corrected chi connectivity index (χ3v) is 4.12. The van der Waals surface area contributed by atoms with Crippen LogP contribution in [0.3, 0.4) is 0 Å². The number of hydrogen-bond acceptors (Lipinski definition) is 4. The number of hydrogen-bond donors (Lipinski definition) is 2. The Labute approximate surface area is 142 Å². The predicted molar refractivity (Wildman–Crippen MR) is 90.2 cm³/mol. The Morgan fingerprint density at radius 1 is 1.08 bits per heavy atom. The molecule has 0 bridgehead atoms. The van der Waals surface area contributed by atoms with E-state index in [1.807, 2.05) is 12.1 Å². The first kappa shape index (κ1) is 18.3. The lowest BCUT2D eigenvalue weighted by molar-refractivity contribution is -0.143. The van der Waals surface area contributed by atoms with Gasteiger partial charge in [0, 0.05) is 5.69 Å². The number of ether oxygens (including phenoxy) is 2. The molecule has 24 heavy (non-hydrogen) atoms. The van der Waals surface area contributed by atoms with Crippen LogP contribution in [-0.4, -0.2) is 36.8 Å².